The summed E-state index contributed by atoms with van der Waals surface area (Å²) in [6, 6.07) is 0.669. The first kappa shape index (κ1) is 24.0. The fourth-order valence-corrected chi connectivity index (χ4v) is 4.99. The lowest BCUT2D eigenvalue weighted by atomic mass is 9.72. The maximum Gasteiger partial charge on any atom is 0.0158 e. The van der Waals surface area contributed by atoms with E-state index < -0.39 is 0 Å². The van der Waals surface area contributed by atoms with Crippen molar-refractivity contribution >= 4 is 0 Å². The molecular weight excluding hydrogens is 316 g/mol. The minimum atomic E-state index is 0.224. The third-order valence-corrected chi connectivity index (χ3v) is 7.27. The zero-order chi connectivity index (χ0) is 20.4. The van der Waals surface area contributed by atoms with Crippen LogP contribution in [0.15, 0.2) is 0 Å². The second-order valence-corrected chi connectivity index (χ2v) is 12.1. The Hall–Kier alpha value is -0.0800. The zero-order valence-corrected chi connectivity index (χ0v) is 20.1. The number of hydrogen-bond donors (Lipinski definition) is 1. The molecule has 0 amide bonds. The minimum absolute atomic E-state index is 0.224. The van der Waals surface area contributed by atoms with Crippen LogP contribution in [-0.2, 0) is 0 Å². The summed E-state index contributed by atoms with van der Waals surface area (Å²) >= 11 is 0. The van der Waals surface area contributed by atoms with Crippen molar-refractivity contribution in [1.82, 2.24) is 10.2 Å². The average molecular weight is 367 g/mol. The van der Waals surface area contributed by atoms with Gasteiger partial charge in [0, 0.05) is 30.2 Å². The van der Waals surface area contributed by atoms with Gasteiger partial charge in [0.2, 0.25) is 0 Å². The summed E-state index contributed by atoms with van der Waals surface area (Å²) in [6.45, 7) is 28.9. The van der Waals surface area contributed by atoms with Crippen LogP contribution in [0.2, 0.25) is 0 Å². The number of nitrogens with one attached hydrogen (secondary N) is 1. The maximum atomic E-state index is 4.00. The number of hydrogen-bond acceptors (Lipinski definition) is 2. The Bertz CT molecular complexity index is 423. The molecule has 1 N–H and O–H groups in total. The van der Waals surface area contributed by atoms with Crippen molar-refractivity contribution in [2.45, 2.75) is 125 Å². The summed E-state index contributed by atoms with van der Waals surface area (Å²) < 4.78 is 0. The molecular formula is C24H50N2. The number of piperidine rings is 1. The van der Waals surface area contributed by atoms with Gasteiger partial charge >= 0.3 is 0 Å². The fraction of sp³-hybridized carbons (Fsp3) is 1.00. The van der Waals surface area contributed by atoms with E-state index in [0.29, 0.717) is 22.4 Å². The van der Waals surface area contributed by atoms with Gasteiger partial charge < -0.3 is 5.32 Å². The van der Waals surface area contributed by atoms with E-state index >= 15 is 0 Å². The van der Waals surface area contributed by atoms with Crippen LogP contribution in [0.25, 0.3) is 0 Å². The van der Waals surface area contributed by atoms with Crippen LogP contribution in [0.5, 0.6) is 0 Å². The van der Waals surface area contributed by atoms with Crippen molar-refractivity contribution in [3.63, 3.8) is 0 Å². The van der Waals surface area contributed by atoms with Gasteiger partial charge in [0.15, 0.2) is 0 Å². The molecule has 156 valence electrons. The van der Waals surface area contributed by atoms with Crippen molar-refractivity contribution in [3.05, 3.63) is 0 Å². The van der Waals surface area contributed by atoms with Crippen molar-refractivity contribution < 1.29 is 0 Å². The Balaban J connectivity index is 2.59. The van der Waals surface area contributed by atoms with Gasteiger partial charge in [-0.3, -0.25) is 4.90 Å². The number of likely N-dealkylation sites (tertiary alicyclic amines) is 1. The standard InChI is InChI=1S/C24H50N2/c1-12-21(4,5)17-23(8,9)25-20-13-15-26(16-14-20)24(10,11)18-22(6,7)19(2)3/h19-20,25H,12-18H2,1-11H3. The molecule has 1 heterocycles. The molecule has 0 unspecified atom stereocenters. The zero-order valence-electron chi connectivity index (χ0n) is 20.1. The van der Waals surface area contributed by atoms with E-state index in [-0.39, 0.29) is 5.54 Å². The monoisotopic (exact) mass is 366 g/mol. The summed E-state index contributed by atoms with van der Waals surface area (Å²) in [5, 5.41) is 4.00. The molecule has 1 aliphatic rings. The summed E-state index contributed by atoms with van der Waals surface area (Å²) in [7, 11) is 0. The van der Waals surface area contributed by atoms with Crippen LogP contribution in [0.3, 0.4) is 0 Å². The molecule has 1 saturated heterocycles. The fourth-order valence-electron chi connectivity index (χ4n) is 4.99. The lowest BCUT2D eigenvalue weighted by molar-refractivity contribution is 0.0293. The molecule has 0 radical (unpaired) electrons. The first-order chi connectivity index (χ1) is 11.6. The molecule has 2 heteroatoms. The molecule has 1 fully saturated rings. The van der Waals surface area contributed by atoms with Crippen molar-refractivity contribution in [2.24, 2.45) is 16.7 Å². The van der Waals surface area contributed by atoms with Gasteiger partial charge in [-0.15, -0.1) is 0 Å². The quantitative estimate of drug-likeness (QED) is 0.501. The Morgan fingerprint density at radius 2 is 1.38 bits per heavy atom. The first-order valence-corrected chi connectivity index (χ1v) is 11.1. The van der Waals surface area contributed by atoms with Gasteiger partial charge in [0.1, 0.15) is 0 Å². The summed E-state index contributed by atoms with van der Waals surface area (Å²) in [5.41, 5.74) is 1.33. The highest BCUT2D eigenvalue weighted by Gasteiger charge is 2.38. The van der Waals surface area contributed by atoms with Crippen LogP contribution >= 0.6 is 0 Å². The molecule has 0 atom stereocenters. The lowest BCUT2D eigenvalue weighted by Gasteiger charge is -2.48. The molecule has 0 spiro atoms. The molecule has 0 aromatic heterocycles. The number of nitrogens with zero attached hydrogens (tertiary/aromatic N) is 1. The van der Waals surface area contributed by atoms with Gasteiger partial charge in [-0.1, -0.05) is 54.9 Å². The summed E-state index contributed by atoms with van der Waals surface area (Å²) in [5.74, 6) is 0.726. The van der Waals surface area contributed by atoms with Crippen molar-refractivity contribution in [3.8, 4) is 0 Å². The normalized spacial score (nSPS) is 19.4. The third-order valence-electron chi connectivity index (χ3n) is 7.27. The predicted octanol–water partition coefficient (Wildman–Crippen LogP) is 6.50. The van der Waals surface area contributed by atoms with Gasteiger partial charge in [0.05, 0.1) is 0 Å². The maximum absolute atomic E-state index is 4.00. The SMILES string of the molecule is CCC(C)(C)CC(C)(C)NC1CCN(C(C)(C)CC(C)(C)C(C)C)CC1. The summed E-state index contributed by atoms with van der Waals surface area (Å²) in [6.07, 6.45) is 6.32. The van der Waals surface area contributed by atoms with Crippen LogP contribution < -0.4 is 5.32 Å². The van der Waals surface area contributed by atoms with Crippen LogP contribution in [0.1, 0.15) is 108 Å². The van der Waals surface area contributed by atoms with Gasteiger partial charge in [-0.2, -0.15) is 0 Å². The van der Waals surface area contributed by atoms with E-state index in [4.69, 9.17) is 0 Å². The molecule has 1 aliphatic heterocycles. The van der Waals surface area contributed by atoms with Crippen LogP contribution in [-0.4, -0.2) is 35.1 Å². The summed E-state index contributed by atoms with van der Waals surface area (Å²) in [4.78, 5) is 2.75. The highest BCUT2D eigenvalue weighted by Crippen LogP contribution is 2.38. The molecule has 0 aromatic rings. The topological polar surface area (TPSA) is 15.3 Å². The van der Waals surface area contributed by atoms with E-state index in [1.165, 1.54) is 45.2 Å². The minimum Gasteiger partial charge on any atom is -0.309 e. The predicted molar refractivity (Wildman–Crippen MR) is 118 cm³/mol. The molecule has 1 rings (SSSR count). The average Bonchev–Trinajstić information content (AvgIpc) is 2.45. The van der Waals surface area contributed by atoms with Crippen LogP contribution in [0, 0.1) is 16.7 Å². The molecule has 0 aromatic carbocycles. The molecule has 26 heavy (non-hydrogen) atoms. The Morgan fingerprint density at radius 1 is 0.885 bits per heavy atom. The highest BCUT2D eigenvalue weighted by molar-refractivity contribution is 4.94. The van der Waals surface area contributed by atoms with E-state index in [9.17, 15) is 0 Å². The smallest absolute Gasteiger partial charge is 0.0158 e. The van der Waals surface area contributed by atoms with E-state index in [1.54, 1.807) is 0 Å². The van der Waals surface area contributed by atoms with E-state index in [1.807, 2.05) is 0 Å². The van der Waals surface area contributed by atoms with Crippen LogP contribution in [0.4, 0.5) is 0 Å². The van der Waals surface area contributed by atoms with E-state index in [2.05, 4.69) is 86.4 Å². The Labute approximate surface area is 165 Å². The Kier molecular flexibility index (Phi) is 7.85. The number of rotatable bonds is 9. The largest absolute Gasteiger partial charge is 0.309 e. The molecule has 2 nitrogen and oxygen atoms in total. The highest BCUT2D eigenvalue weighted by atomic mass is 15.2. The lowest BCUT2D eigenvalue weighted by Crippen LogP contribution is -2.56. The second-order valence-electron chi connectivity index (χ2n) is 12.1. The molecule has 0 bridgehead atoms. The van der Waals surface area contributed by atoms with Gasteiger partial charge in [-0.25, -0.2) is 0 Å². The third kappa shape index (κ3) is 7.15. The van der Waals surface area contributed by atoms with E-state index in [0.717, 1.165) is 5.92 Å². The van der Waals surface area contributed by atoms with Crippen molar-refractivity contribution in [2.75, 3.05) is 13.1 Å². The molecule has 0 aliphatic carbocycles. The Morgan fingerprint density at radius 3 is 1.81 bits per heavy atom. The van der Waals surface area contributed by atoms with Crippen molar-refractivity contribution in [1.29, 1.82) is 0 Å². The second kappa shape index (κ2) is 8.52. The van der Waals surface area contributed by atoms with Gasteiger partial charge in [-0.05, 0) is 70.1 Å². The van der Waals surface area contributed by atoms with Gasteiger partial charge in [0.25, 0.3) is 0 Å². The molecule has 0 saturated carbocycles. The first-order valence-electron chi connectivity index (χ1n) is 11.1.